The Balaban J connectivity index is 2.25. The second-order valence-corrected chi connectivity index (χ2v) is 2.95. The minimum absolute atomic E-state index is 0.309. The molecule has 0 aliphatic heterocycles. The van der Waals surface area contributed by atoms with Gasteiger partial charge in [-0.3, -0.25) is 4.79 Å². The van der Waals surface area contributed by atoms with E-state index in [9.17, 15) is 4.79 Å². The number of amides is 1. The Morgan fingerprint density at radius 2 is 2.57 bits per heavy atom. The van der Waals surface area contributed by atoms with Crippen molar-refractivity contribution in [2.75, 3.05) is 6.54 Å². The lowest BCUT2D eigenvalue weighted by molar-refractivity contribution is -0.119. The Labute approximate surface area is 82.8 Å². The lowest BCUT2D eigenvalue weighted by atomic mass is 10.3. The summed E-state index contributed by atoms with van der Waals surface area (Å²) < 4.78 is 5.08. The lowest BCUT2D eigenvalue weighted by Crippen LogP contribution is -2.38. The molecule has 1 amide bonds. The largest absolute Gasteiger partial charge is 0.465 e. The van der Waals surface area contributed by atoms with Gasteiger partial charge in [0.05, 0.1) is 12.3 Å². The van der Waals surface area contributed by atoms with Gasteiger partial charge in [0, 0.05) is 6.54 Å². The summed E-state index contributed by atoms with van der Waals surface area (Å²) in [5.41, 5.74) is 5.07. The molecule has 0 bridgehead atoms. The number of carbonyl (C=O) groups is 1. The second-order valence-electron chi connectivity index (χ2n) is 2.95. The molecule has 4 heteroatoms. The van der Waals surface area contributed by atoms with Gasteiger partial charge in [0.15, 0.2) is 0 Å². The van der Waals surface area contributed by atoms with Gasteiger partial charge in [-0.15, -0.1) is 0 Å². The first-order valence-corrected chi connectivity index (χ1v) is 4.43. The summed E-state index contributed by atoms with van der Waals surface area (Å²) in [7, 11) is 0. The average Bonchev–Trinajstić information content (AvgIpc) is 2.64. The van der Waals surface area contributed by atoms with Crippen LogP contribution in [0.4, 0.5) is 0 Å². The van der Waals surface area contributed by atoms with Gasteiger partial charge in [0.2, 0.25) is 5.91 Å². The summed E-state index contributed by atoms with van der Waals surface area (Å²) in [6, 6.07) is 3.36. The predicted octanol–water partition coefficient (Wildman–Crippen LogP) is 0.756. The fourth-order valence-corrected chi connectivity index (χ4v) is 0.907. The van der Waals surface area contributed by atoms with Crippen LogP contribution in [0, 0.1) is 0 Å². The first kappa shape index (κ1) is 10.5. The molecular formula is C10H14N2O2. The first-order valence-electron chi connectivity index (χ1n) is 4.43. The van der Waals surface area contributed by atoms with Crippen molar-refractivity contribution in [3.05, 3.63) is 30.2 Å². The SMILES string of the molecule is C[C@H](NC/C=C/c1ccco1)C(N)=O. The molecule has 3 N–H and O–H groups in total. The summed E-state index contributed by atoms with van der Waals surface area (Å²) in [5.74, 6) is 0.440. The monoisotopic (exact) mass is 194 g/mol. The fourth-order valence-electron chi connectivity index (χ4n) is 0.907. The second kappa shape index (κ2) is 5.24. The van der Waals surface area contributed by atoms with E-state index in [1.54, 1.807) is 13.2 Å². The first-order chi connectivity index (χ1) is 6.70. The Morgan fingerprint density at radius 3 is 3.14 bits per heavy atom. The van der Waals surface area contributed by atoms with Crippen molar-refractivity contribution in [3.63, 3.8) is 0 Å². The summed E-state index contributed by atoms with van der Waals surface area (Å²) in [6.07, 6.45) is 5.32. The summed E-state index contributed by atoms with van der Waals surface area (Å²) >= 11 is 0. The van der Waals surface area contributed by atoms with Gasteiger partial charge < -0.3 is 15.5 Å². The Hall–Kier alpha value is -1.55. The summed E-state index contributed by atoms with van der Waals surface area (Å²) in [5, 5.41) is 2.94. The van der Waals surface area contributed by atoms with E-state index in [-0.39, 0.29) is 11.9 Å². The molecule has 0 saturated carbocycles. The van der Waals surface area contributed by atoms with Crippen molar-refractivity contribution >= 4 is 12.0 Å². The third-order valence-electron chi connectivity index (χ3n) is 1.79. The zero-order valence-corrected chi connectivity index (χ0v) is 8.07. The molecule has 14 heavy (non-hydrogen) atoms. The van der Waals surface area contributed by atoms with E-state index in [1.807, 2.05) is 24.3 Å². The van der Waals surface area contributed by atoms with Crippen molar-refractivity contribution in [2.24, 2.45) is 5.73 Å². The van der Waals surface area contributed by atoms with Crippen molar-refractivity contribution in [1.29, 1.82) is 0 Å². The zero-order valence-electron chi connectivity index (χ0n) is 8.07. The lowest BCUT2D eigenvalue weighted by Gasteiger charge is -2.06. The van der Waals surface area contributed by atoms with E-state index in [1.165, 1.54) is 0 Å². The molecule has 0 aliphatic rings. The number of nitrogens with one attached hydrogen (secondary N) is 1. The molecule has 0 aliphatic carbocycles. The molecular weight excluding hydrogens is 180 g/mol. The Kier molecular flexibility index (Phi) is 3.94. The highest BCUT2D eigenvalue weighted by Gasteiger charge is 2.04. The Morgan fingerprint density at radius 1 is 1.79 bits per heavy atom. The molecule has 0 radical (unpaired) electrons. The van der Waals surface area contributed by atoms with Crippen LogP contribution >= 0.6 is 0 Å². The minimum atomic E-state index is -0.351. The van der Waals surface area contributed by atoms with Crippen molar-refractivity contribution < 1.29 is 9.21 Å². The van der Waals surface area contributed by atoms with Crippen LogP contribution in [0.15, 0.2) is 28.9 Å². The number of hydrogen-bond acceptors (Lipinski definition) is 3. The quantitative estimate of drug-likeness (QED) is 0.727. The van der Waals surface area contributed by atoms with E-state index >= 15 is 0 Å². The van der Waals surface area contributed by atoms with Crippen LogP contribution in [0.2, 0.25) is 0 Å². The van der Waals surface area contributed by atoms with Crippen LogP contribution in [0.3, 0.4) is 0 Å². The maximum Gasteiger partial charge on any atom is 0.234 e. The molecule has 1 rings (SSSR count). The summed E-state index contributed by atoms with van der Waals surface area (Å²) in [4.78, 5) is 10.6. The Bertz CT molecular complexity index is 304. The molecule has 0 unspecified atom stereocenters. The maximum atomic E-state index is 10.6. The highest BCUT2D eigenvalue weighted by Crippen LogP contribution is 2.01. The molecule has 1 aromatic rings. The molecule has 4 nitrogen and oxygen atoms in total. The maximum absolute atomic E-state index is 10.6. The third kappa shape index (κ3) is 3.45. The molecule has 0 spiro atoms. The standard InChI is InChI=1S/C10H14N2O2/c1-8(10(11)13)12-6-2-4-9-5-3-7-14-9/h2-5,7-8,12H,6H2,1H3,(H2,11,13)/b4-2+/t8-/m0/s1. The number of furan rings is 1. The van der Waals surface area contributed by atoms with Gasteiger partial charge in [-0.25, -0.2) is 0 Å². The predicted molar refractivity (Wildman–Crippen MR) is 54.4 cm³/mol. The van der Waals surface area contributed by atoms with Crippen LogP contribution in [0.1, 0.15) is 12.7 Å². The normalized spacial score (nSPS) is 13.2. The van der Waals surface area contributed by atoms with E-state index in [0.717, 1.165) is 5.76 Å². The molecule has 1 atom stereocenters. The van der Waals surface area contributed by atoms with Crippen molar-refractivity contribution in [2.45, 2.75) is 13.0 Å². The van der Waals surface area contributed by atoms with E-state index in [4.69, 9.17) is 10.2 Å². The van der Waals surface area contributed by atoms with Crippen LogP contribution in [-0.4, -0.2) is 18.5 Å². The molecule has 0 saturated heterocycles. The minimum Gasteiger partial charge on any atom is -0.465 e. The van der Waals surface area contributed by atoms with Gasteiger partial charge in [-0.1, -0.05) is 6.08 Å². The molecule has 1 heterocycles. The topological polar surface area (TPSA) is 68.3 Å². The van der Waals surface area contributed by atoms with E-state index in [2.05, 4.69) is 5.32 Å². The van der Waals surface area contributed by atoms with Crippen LogP contribution in [0.5, 0.6) is 0 Å². The highest BCUT2D eigenvalue weighted by molar-refractivity contribution is 5.79. The van der Waals surface area contributed by atoms with Gasteiger partial charge in [-0.2, -0.15) is 0 Å². The highest BCUT2D eigenvalue weighted by atomic mass is 16.3. The zero-order chi connectivity index (χ0) is 10.4. The van der Waals surface area contributed by atoms with E-state index in [0.29, 0.717) is 6.54 Å². The summed E-state index contributed by atoms with van der Waals surface area (Å²) in [6.45, 7) is 2.31. The average molecular weight is 194 g/mol. The van der Waals surface area contributed by atoms with Crippen LogP contribution < -0.4 is 11.1 Å². The smallest absolute Gasteiger partial charge is 0.234 e. The van der Waals surface area contributed by atoms with Crippen LogP contribution in [-0.2, 0) is 4.79 Å². The van der Waals surface area contributed by atoms with Crippen molar-refractivity contribution in [1.82, 2.24) is 5.32 Å². The molecule has 1 aromatic heterocycles. The number of rotatable bonds is 5. The fraction of sp³-hybridized carbons (Fsp3) is 0.300. The molecule has 0 aromatic carbocycles. The van der Waals surface area contributed by atoms with Gasteiger partial charge in [0.1, 0.15) is 5.76 Å². The van der Waals surface area contributed by atoms with Gasteiger partial charge in [0.25, 0.3) is 0 Å². The molecule has 76 valence electrons. The third-order valence-corrected chi connectivity index (χ3v) is 1.79. The number of hydrogen-bond donors (Lipinski definition) is 2. The number of nitrogens with two attached hydrogens (primary N) is 1. The molecule has 0 fully saturated rings. The van der Waals surface area contributed by atoms with Crippen molar-refractivity contribution in [3.8, 4) is 0 Å². The van der Waals surface area contributed by atoms with Crippen LogP contribution in [0.25, 0.3) is 6.08 Å². The van der Waals surface area contributed by atoms with Gasteiger partial charge in [-0.05, 0) is 25.1 Å². The number of carbonyl (C=O) groups excluding carboxylic acids is 1. The number of primary amides is 1. The van der Waals surface area contributed by atoms with E-state index < -0.39 is 0 Å². The van der Waals surface area contributed by atoms with Gasteiger partial charge >= 0.3 is 0 Å².